The van der Waals surface area contributed by atoms with Crippen molar-refractivity contribution in [1.82, 2.24) is 0 Å². The van der Waals surface area contributed by atoms with Crippen LogP contribution in [0.2, 0.25) is 0 Å². The third-order valence-corrected chi connectivity index (χ3v) is 0. The molecular weight excluding hydrogens is 629 g/mol. The summed E-state index contributed by atoms with van der Waals surface area (Å²) in [7, 11) is 0. The van der Waals surface area contributed by atoms with E-state index in [9.17, 15) is 0 Å². The largest absolute Gasteiger partial charge is 0 e. The van der Waals surface area contributed by atoms with Crippen molar-refractivity contribution in [2.75, 3.05) is 0 Å². The molecular formula is IrMoNiRuTa. The molecule has 0 aliphatic heterocycles. The van der Waals surface area contributed by atoms with Crippen molar-refractivity contribution in [3.8, 4) is 0 Å². The molecule has 0 nitrogen and oxygen atoms in total. The van der Waals surface area contributed by atoms with E-state index in [0.717, 1.165) is 0 Å². The molecule has 0 aromatic rings. The van der Waals surface area contributed by atoms with E-state index in [0.29, 0.717) is 0 Å². The molecule has 5 heavy (non-hydrogen) atoms. The van der Waals surface area contributed by atoms with Crippen molar-refractivity contribution in [1.29, 1.82) is 0 Å². The first kappa shape index (κ1) is 41.6. The van der Waals surface area contributed by atoms with Gasteiger partial charge < -0.3 is 0 Å². The minimum Gasteiger partial charge on any atom is 0 e. The molecule has 0 rings (SSSR count). The zero-order valence-electron chi connectivity index (χ0n) is 1.86. The van der Waals surface area contributed by atoms with Crippen LogP contribution in [-0.4, -0.2) is 0 Å². The van der Waals surface area contributed by atoms with Crippen LogP contribution < -0.4 is 0 Å². The van der Waals surface area contributed by atoms with Crippen LogP contribution in [0.1, 0.15) is 0 Å². The van der Waals surface area contributed by atoms with Crippen LogP contribution in [0, 0.1) is 0 Å². The Balaban J connectivity index is 0. The van der Waals surface area contributed by atoms with Gasteiger partial charge in [-0.25, -0.2) is 0 Å². The van der Waals surface area contributed by atoms with Crippen molar-refractivity contribution >= 4 is 0 Å². The van der Waals surface area contributed by atoms with Gasteiger partial charge in [0, 0.05) is 99.5 Å². The average Bonchev–Trinajstić information content (AvgIpc) is 0. The molecule has 0 saturated heterocycles. The first-order valence-electron chi connectivity index (χ1n) is 0. The van der Waals surface area contributed by atoms with Gasteiger partial charge in [-0.15, -0.1) is 0 Å². The Morgan fingerprint density at radius 1 is 1.00 bits per heavy atom. The van der Waals surface area contributed by atoms with E-state index in [1.807, 2.05) is 0 Å². The molecule has 2 radical (unpaired) electrons. The number of rotatable bonds is 0. The van der Waals surface area contributed by atoms with E-state index in [2.05, 4.69) is 0 Å². The van der Waals surface area contributed by atoms with Gasteiger partial charge in [0.15, 0.2) is 0 Å². The van der Waals surface area contributed by atoms with E-state index < -0.39 is 0 Å². The second-order valence-corrected chi connectivity index (χ2v) is 0. The third kappa shape index (κ3) is 19.0. The maximum atomic E-state index is 0. The van der Waals surface area contributed by atoms with Crippen LogP contribution in [-0.2, 0) is 99.5 Å². The van der Waals surface area contributed by atoms with E-state index in [1.165, 1.54) is 0 Å². The number of hydrogen-bond donors (Lipinski definition) is 0. The predicted octanol–water partition coefficient (Wildman–Crippen LogP) is -0.0125. The van der Waals surface area contributed by atoms with Crippen LogP contribution in [0.5, 0.6) is 0 Å². The van der Waals surface area contributed by atoms with Crippen molar-refractivity contribution in [3.05, 3.63) is 0 Å². The van der Waals surface area contributed by atoms with Gasteiger partial charge in [0.25, 0.3) is 0 Å². The molecule has 0 spiro atoms. The Morgan fingerprint density at radius 3 is 1.00 bits per heavy atom. The molecule has 0 heterocycles. The molecule has 0 bridgehead atoms. The maximum absolute atomic E-state index is 0. The summed E-state index contributed by atoms with van der Waals surface area (Å²) < 4.78 is 0. The molecule has 5 heteroatoms. The van der Waals surface area contributed by atoms with Gasteiger partial charge in [-0.3, -0.25) is 0 Å². The van der Waals surface area contributed by atoms with Crippen LogP contribution >= 0.6 is 0 Å². The van der Waals surface area contributed by atoms with Gasteiger partial charge in [-0.1, -0.05) is 0 Å². The summed E-state index contributed by atoms with van der Waals surface area (Å²) in [5, 5.41) is 0. The third-order valence-electron chi connectivity index (χ3n) is 0. The molecule has 0 saturated carbocycles. The fraction of sp³-hybridized carbons (Fsp3) is 0. The zero-order chi connectivity index (χ0) is 0. The monoisotopic (exact) mass is 632 g/mol. The first-order chi connectivity index (χ1) is 0. The Kier molecular flexibility index (Phi) is 225. The van der Waals surface area contributed by atoms with Gasteiger partial charge in [0.2, 0.25) is 0 Å². The minimum absolute atomic E-state index is 0. The molecule has 0 aromatic carbocycles. The molecule has 0 atom stereocenters. The molecule has 0 aliphatic rings. The average molecular weight is 629 g/mol. The molecule has 0 aliphatic carbocycles. The van der Waals surface area contributed by atoms with E-state index in [1.54, 1.807) is 0 Å². The molecule has 0 fully saturated rings. The van der Waals surface area contributed by atoms with Crippen LogP contribution in [0.25, 0.3) is 0 Å². The SMILES string of the molecule is [Ir].[Mo].[Ni].[Ru].[Ta]. The minimum atomic E-state index is 0. The fourth-order valence-electron chi connectivity index (χ4n) is 0. The Bertz CT molecular complexity index is 11.6. The topological polar surface area (TPSA) is 0 Å². The second-order valence-electron chi connectivity index (χ2n) is 0. The summed E-state index contributed by atoms with van der Waals surface area (Å²) in [6, 6.07) is 0. The zero-order valence-corrected chi connectivity index (χ0v) is 12.2. The second kappa shape index (κ2) is 27.1. The molecule has 0 aromatic heterocycles. The van der Waals surface area contributed by atoms with Crippen molar-refractivity contribution in [2.45, 2.75) is 0 Å². The fourth-order valence-corrected chi connectivity index (χ4v) is 0. The number of hydrogen-bond acceptors (Lipinski definition) is 0. The maximum Gasteiger partial charge on any atom is 0 e. The summed E-state index contributed by atoms with van der Waals surface area (Å²) in [6.45, 7) is 0. The molecule has 38 valence electrons. The summed E-state index contributed by atoms with van der Waals surface area (Å²) in [5.41, 5.74) is 0. The Morgan fingerprint density at radius 2 is 1.00 bits per heavy atom. The van der Waals surface area contributed by atoms with Gasteiger partial charge >= 0.3 is 0 Å². The summed E-state index contributed by atoms with van der Waals surface area (Å²) >= 11 is 0. The van der Waals surface area contributed by atoms with Crippen LogP contribution in [0.3, 0.4) is 0 Å². The van der Waals surface area contributed by atoms with E-state index in [4.69, 9.17) is 0 Å². The van der Waals surface area contributed by atoms with Gasteiger partial charge in [0.05, 0.1) is 0 Å². The van der Waals surface area contributed by atoms with Gasteiger partial charge in [-0.05, 0) is 0 Å². The van der Waals surface area contributed by atoms with Crippen LogP contribution in [0.4, 0.5) is 0 Å². The van der Waals surface area contributed by atoms with Crippen molar-refractivity contribution in [2.24, 2.45) is 0 Å². The Hall–Kier alpha value is 3.19. The van der Waals surface area contributed by atoms with Gasteiger partial charge in [-0.2, -0.15) is 0 Å². The van der Waals surface area contributed by atoms with E-state index in [-0.39, 0.29) is 99.5 Å². The van der Waals surface area contributed by atoms with Crippen LogP contribution in [0.15, 0.2) is 0 Å². The quantitative estimate of drug-likeness (QED) is 0.332. The summed E-state index contributed by atoms with van der Waals surface area (Å²) in [4.78, 5) is 0. The van der Waals surface area contributed by atoms with Crippen molar-refractivity contribution < 1.29 is 99.5 Å². The summed E-state index contributed by atoms with van der Waals surface area (Å²) in [6.07, 6.45) is 0. The smallest absolute Gasteiger partial charge is 0 e. The molecule has 0 unspecified atom stereocenters. The molecule has 0 amide bonds. The Labute approximate surface area is 97.8 Å². The van der Waals surface area contributed by atoms with Crippen molar-refractivity contribution in [3.63, 3.8) is 0 Å². The van der Waals surface area contributed by atoms with Gasteiger partial charge in [0.1, 0.15) is 0 Å². The standard InChI is InChI=1S/Ir.Mo.Ni.Ru.Ta. The predicted molar refractivity (Wildman–Crippen MR) is 0 cm³/mol. The molecule has 0 N–H and O–H groups in total. The van der Waals surface area contributed by atoms with E-state index >= 15 is 0 Å². The summed E-state index contributed by atoms with van der Waals surface area (Å²) in [5.74, 6) is 0. The normalized spacial score (nSPS) is 0. The first-order valence-corrected chi connectivity index (χ1v) is 0.